The Morgan fingerprint density at radius 3 is 2.41 bits per heavy atom. The van der Waals surface area contributed by atoms with Gasteiger partial charge in [-0.1, -0.05) is 48.0 Å². The molecule has 2 heterocycles. The van der Waals surface area contributed by atoms with Gasteiger partial charge in [0.05, 0.1) is 0 Å². The Kier molecular flexibility index (Phi) is 4.86. The minimum absolute atomic E-state index is 0.673. The molecule has 4 rings (SSSR count). The first kappa shape index (κ1) is 17.6. The lowest BCUT2D eigenvalue weighted by Crippen LogP contribution is -2.49. The summed E-state index contributed by atoms with van der Waals surface area (Å²) >= 11 is 0. The molecule has 5 nitrogen and oxygen atoms in total. The number of piperidine rings is 1. The zero-order valence-electron chi connectivity index (χ0n) is 15.8. The van der Waals surface area contributed by atoms with Crippen molar-refractivity contribution in [2.75, 3.05) is 18.4 Å². The monoisotopic (exact) mass is 361 g/mol. The molecule has 2 aromatic carbocycles. The quantitative estimate of drug-likeness (QED) is 0.783. The van der Waals surface area contributed by atoms with Gasteiger partial charge in [-0.15, -0.1) is 0 Å². The summed E-state index contributed by atoms with van der Waals surface area (Å²) in [7, 11) is 0. The molecule has 0 spiro atoms. The highest BCUT2D eigenvalue weighted by Gasteiger charge is 2.31. The molecule has 1 unspecified atom stereocenters. The van der Waals surface area contributed by atoms with Crippen LogP contribution in [0.4, 0.5) is 5.69 Å². The van der Waals surface area contributed by atoms with Crippen LogP contribution in [0.3, 0.4) is 0 Å². The first-order valence-electron chi connectivity index (χ1n) is 9.65. The van der Waals surface area contributed by atoms with E-state index in [1.54, 1.807) is 0 Å². The van der Waals surface area contributed by atoms with Gasteiger partial charge in [0.25, 0.3) is 0 Å². The van der Waals surface area contributed by atoms with Gasteiger partial charge in [-0.05, 0) is 43.9 Å². The van der Waals surface area contributed by atoms with Crippen molar-refractivity contribution in [1.29, 1.82) is 0 Å². The maximum absolute atomic E-state index is 6.80. The number of guanidine groups is 1. The molecule has 2 aliphatic rings. The molecule has 2 aromatic rings. The fourth-order valence-corrected chi connectivity index (χ4v) is 3.60. The standard InChI is InChI=1S/C22H27N5/c1-17-10-12-18(13-11-17)22(23)16-20(27-14-6-3-7-15-27)25-21(26-22)24-19-8-4-2-5-9-19/h2,4-5,8-13,16H,3,6-7,14-15,23H2,1H3,(H2,24,25,26). The first-order valence-corrected chi connectivity index (χ1v) is 9.65. The predicted octanol–water partition coefficient (Wildman–Crippen LogP) is 3.51. The van der Waals surface area contributed by atoms with Gasteiger partial charge in [0, 0.05) is 24.9 Å². The van der Waals surface area contributed by atoms with Crippen molar-refractivity contribution < 1.29 is 0 Å². The lowest BCUT2D eigenvalue weighted by Gasteiger charge is -2.37. The molecule has 1 fully saturated rings. The van der Waals surface area contributed by atoms with Gasteiger partial charge in [0.15, 0.2) is 5.66 Å². The number of para-hydroxylation sites is 1. The minimum Gasteiger partial charge on any atom is -0.358 e. The summed E-state index contributed by atoms with van der Waals surface area (Å²) in [5.74, 6) is 1.71. The molecule has 2 aliphatic heterocycles. The van der Waals surface area contributed by atoms with E-state index >= 15 is 0 Å². The van der Waals surface area contributed by atoms with Crippen LogP contribution in [0, 0.1) is 6.92 Å². The Bertz CT molecular complexity index is 835. The molecule has 1 saturated heterocycles. The first-order chi connectivity index (χ1) is 13.1. The summed E-state index contributed by atoms with van der Waals surface area (Å²) in [4.78, 5) is 7.20. The van der Waals surface area contributed by atoms with Crippen LogP contribution in [0.5, 0.6) is 0 Å². The molecule has 5 heteroatoms. The van der Waals surface area contributed by atoms with E-state index in [4.69, 9.17) is 10.7 Å². The second-order valence-corrected chi connectivity index (χ2v) is 7.35. The zero-order chi connectivity index (χ0) is 18.7. The van der Waals surface area contributed by atoms with Gasteiger partial charge in [0.1, 0.15) is 5.82 Å². The number of hydrogen-bond acceptors (Lipinski definition) is 5. The molecule has 0 aromatic heterocycles. The normalized spacial score (nSPS) is 22.5. The van der Waals surface area contributed by atoms with E-state index in [-0.39, 0.29) is 0 Å². The van der Waals surface area contributed by atoms with Gasteiger partial charge >= 0.3 is 0 Å². The van der Waals surface area contributed by atoms with E-state index in [0.29, 0.717) is 5.96 Å². The molecule has 0 saturated carbocycles. The molecule has 4 N–H and O–H groups in total. The maximum Gasteiger partial charge on any atom is 0.203 e. The number of nitrogens with zero attached hydrogens (tertiary/aromatic N) is 2. The number of aliphatic imine (C=N–C) groups is 1. The molecule has 1 atom stereocenters. The van der Waals surface area contributed by atoms with Crippen LogP contribution in [0.2, 0.25) is 0 Å². The highest BCUT2D eigenvalue weighted by atomic mass is 15.3. The Labute approximate surface area is 161 Å². The molecule has 0 aliphatic carbocycles. The smallest absolute Gasteiger partial charge is 0.203 e. The number of nitrogens with two attached hydrogens (primary N) is 1. The fraction of sp³-hybridized carbons (Fsp3) is 0.318. The SMILES string of the molecule is Cc1ccc(C2(N)C=C(N3CCCCC3)NC(Nc3ccccc3)=N2)cc1. The van der Waals surface area contributed by atoms with E-state index in [2.05, 4.69) is 52.8 Å². The molecule has 0 radical (unpaired) electrons. The number of anilines is 1. The summed E-state index contributed by atoms with van der Waals surface area (Å²) in [6, 6.07) is 18.3. The third-order valence-corrected chi connectivity index (χ3v) is 5.15. The average molecular weight is 361 g/mol. The van der Waals surface area contributed by atoms with Gasteiger partial charge in [-0.25, -0.2) is 4.99 Å². The van der Waals surface area contributed by atoms with Gasteiger partial charge in [0.2, 0.25) is 5.96 Å². The van der Waals surface area contributed by atoms with Crippen LogP contribution in [-0.2, 0) is 5.66 Å². The van der Waals surface area contributed by atoms with Crippen molar-refractivity contribution in [3.05, 3.63) is 77.6 Å². The van der Waals surface area contributed by atoms with Crippen molar-refractivity contribution >= 4 is 11.6 Å². The highest BCUT2D eigenvalue weighted by molar-refractivity contribution is 5.95. The van der Waals surface area contributed by atoms with E-state index < -0.39 is 5.66 Å². The molecular weight excluding hydrogens is 334 g/mol. The maximum atomic E-state index is 6.80. The third kappa shape index (κ3) is 3.98. The summed E-state index contributed by atoms with van der Waals surface area (Å²) in [6.45, 7) is 4.17. The van der Waals surface area contributed by atoms with E-state index in [0.717, 1.165) is 30.2 Å². The van der Waals surface area contributed by atoms with E-state index in [1.165, 1.54) is 24.8 Å². The van der Waals surface area contributed by atoms with E-state index in [1.807, 2.05) is 30.3 Å². The Balaban J connectivity index is 1.69. The molecule has 0 amide bonds. The number of benzene rings is 2. The van der Waals surface area contributed by atoms with Crippen LogP contribution in [0.25, 0.3) is 0 Å². The Morgan fingerprint density at radius 1 is 1.00 bits per heavy atom. The van der Waals surface area contributed by atoms with Crippen LogP contribution < -0.4 is 16.4 Å². The van der Waals surface area contributed by atoms with Crippen LogP contribution in [-0.4, -0.2) is 23.9 Å². The third-order valence-electron chi connectivity index (χ3n) is 5.15. The second-order valence-electron chi connectivity index (χ2n) is 7.35. The number of rotatable bonds is 3. The Hall–Kier alpha value is -2.79. The minimum atomic E-state index is -0.900. The zero-order valence-corrected chi connectivity index (χ0v) is 15.8. The van der Waals surface area contributed by atoms with E-state index in [9.17, 15) is 0 Å². The van der Waals surface area contributed by atoms with Crippen molar-refractivity contribution in [3.63, 3.8) is 0 Å². The van der Waals surface area contributed by atoms with Gasteiger partial charge in [-0.3, -0.25) is 5.73 Å². The summed E-state index contributed by atoms with van der Waals surface area (Å²) in [5, 5.41) is 6.83. The average Bonchev–Trinajstić information content (AvgIpc) is 2.69. The predicted molar refractivity (Wildman–Crippen MR) is 111 cm³/mol. The van der Waals surface area contributed by atoms with Crippen molar-refractivity contribution in [2.45, 2.75) is 31.8 Å². The number of nitrogens with one attached hydrogen (secondary N) is 2. The largest absolute Gasteiger partial charge is 0.358 e. The molecule has 27 heavy (non-hydrogen) atoms. The number of hydrogen-bond donors (Lipinski definition) is 3. The highest BCUT2D eigenvalue weighted by Crippen LogP contribution is 2.28. The van der Waals surface area contributed by atoms with Crippen molar-refractivity contribution in [3.8, 4) is 0 Å². The second kappa shape index (κ2) is 7.45. The number of likely N-dealkylation sites (tertiary alicyclic amines) is 1. The number of aryl methyl sites for hydroxylation is 1. The molecule has 0 bridgehead atoms. The summed E-state index contributed by atoms with van der Waals surface area (Å²) in [5.41, 5.74) is 9.08. The Morgan fingerprint density at radius 2 is 1.70 bits per heavy atom. The fourth-order valence-electron chi connectivity index (χ4n) is 3.60. The molecule has 140 valence electrons. The van der Waals surface area contributed by atoms with Gasteiger partial charge < -0.3 is 15.5 Å². The summed E-state index contributed by atoms with van der Waals surface area (Å²) < 4.78 is 0. The van der Waals surface area contributed by atoms with Crippen LogP contribution >= 0.6 is 0 Å². The lowest BCUT2D eigenvalue weighted by molar-refractivity contribution is 0.269. The topological polar surface area (TPSA) is 65.7 Å². The molecular formula is C22H27N5. The van der Waals surface area contributed by atoms with Crippen molar-refractivity contribution in [1.82, 2.24) is 10.2 Å². The van der Waals surface area contributed by atoms with Crippen LogP contribution in [0.1, 0.15) is 30.4 Å². The van der Waals surface area contributed by atoms with Crippen LogP contribution in [0.15, 0.2) is 71.5 Å². The summed E-state index contributed by atoms with van der Waals surface area (Å²) in [6.07, 6.45) is 5.76. The van der Waals surface area contributed by atoms with Gasteiger partial charge in [-0.2, -0.15) is 0 Å². The van der Waals surface area contributed by atoms with Crippen molar-refractivity contribution in [2.24, 2.45) is 10.7 Å². The lowest BCUT2D eigenvalue weighted by atomic mass is 9.98.